The second kappa shape index (κ2) is 7.09. The molecule has 0 unspecified atom stereocenters. The second-order valence-electron chi connectivity index (χ2n) is 5.73. The van der Waals surface area contributed by atoms with Gasteiger partial charge in [-0.3, -0.25) is 4.79 Å². The number of aliphatic hydroxyl groups excluding tert-OH is 1. The van der Waals surface area contributed by atoms with E-state index in [1.54, 1.807) is 0 Å². The summed E-state index contributed by atoms with van der Waals surface area (Å²) in [7, 11) is 0. The lowest BCUT2D eigenvalue weighted by molar-refractivity contribution is 0.0692. The van der Waals surface area contributed by atoms with E-state index in [1.165, 1.54) is 18.2 Å². The van der Waals surface area contributed by atoms with Crippen molar-refractivity contribution >= 4 is 29.1 Å². The minimum absolute atomic E-state index is 0.0143. The van der Waals surface area contributed by atoms with Crippen LogP contribution in [0.15, 0.2) is 22.7 Å². The number of benzene rings is 1. The molecule has 2 N–H and O–H groups in total. The molecule has 8 heteroatoms. The van der Waals surface area contributed by atoms with Gasteiger partial charge in [0.05, 0.1) is 17.2 Å². The highest BCUT2D eigenvalue weighted by molar-refractivity contribution is 6.35. The number of halogens is 3. The lowest BCUT2D eigenvalue weighted by Gasteiger charge is -2.27. The van der Waals surface area contributed by atoms with E-state index in [0.29, 0.717) is 18.4 Å². The smallest absolute Gasteiger partial charge is 0.291 e. The zero-order chi connectivity index (χ0) is 17.3. The Morgan fingerprint density at radius 3 is 2.79 bits per heavy atom. The average Bonchev–Trinajstić information content (AvgIpc) is 2.94. The van der Waals surface area contributed by atoms with Gasteiger partial charge >= 0.3 is 0 Å². The van der Waals surface area contributed by atoms with Crippen molar-refractivity contribution in [2.24, 2.45) is 0 Å². The van der Waals surface area contributed by atoms with Gasteiger partial charge in [-0.15, -0.1) is 0 Å². The molecule has 24 heavy (non-hydrogen) atoms. The van der Waals surface area contributed by atoms with Crippen molar-refractivity contribution in [1.82, 2.24) is 10.5 Å². The molecule has 0 spiro atoms. The van der Waals surface area contributed by atoms with Crippen molar-refractivity contribution in [3.63, 3.8) is 0 Å². The molecule has 128 valence electrons. The van der Waals surface area contributed by atoms with Crippen molar-refractivity contribution < 1.29 is 18.8 Å². The Morgan fingerprint density at radius 2 is 2.08 bits per heavy atom. The van der Waals surface area contributed by atoms with Gasteiger partial charge in [-0.05, 0) is 25.0 Å². The maximum absolute atomic E-state index is 13.6. The molecule has 0 aliphatic heterocycles. The van der Waals surface area contributed by atoms with Gasteiger partial charge in [-0.25, -0.2) is 4.39 Å². The number of carbonyl (C=O) groups excluding carboxylic acids is 1. The zero-order valence-corrected chi connectivity index (χ0v) is 14.1. The van der Waals surface area contributed by atoms with Crippen LogP contribution in [0.2, 0.25) is 10.0 Å². The summed E-state index contributed by atoms with van der Waals surface area (Å²) >= 11 is 11.8. The van der Waals surface area contributed by atoms with Gasteiger partial charge in [0.2, 0.25) is 5.76 Å². The Hall–Kier alpha value is -1.63. The van der Waals surface area contributed by atoms with E-state index in [2.05, 4.69) is 10.5 Å². The summed E-state index contributed by atoms with van der Waals surface area (Å²) in [6.45, 7) is 0. The van der Waals surface area contributed by atoms with E-state index in [0.717, 1.165) is 12.8 Å². The number of nitrogens with zero attached hydrogens (tertiary/aromatic N) is 1. The number of amides is 1. The summed E-state index contributed by atoms with van der Waals surface area (Å²) in [6.07, 6.45) is 2.61. The highest BCUT2D eigenvalue weighted by atomic mass is 35.5. The Morgan fingerprint density at radius 1 is 1.33 bits per heavy atom. The molecule has 1 heterocycles. The fourth-order valence-electron chi connectivity index (χ4n) is 2.76. The topological polar surface area (TPSA) is 75.4 Å². The Balaban J connectivity index is 1.81. The summed E-state index contributed by atoms with van der Waals surface area (Å²) < 4.78 is 18.6. The van der Waals surface area contributed by atoms with Gasteiger partial charge in [0.25, 0.3) is 5.91 Å². The fraction of sp³-hybridized carbons (Fsp3) is 0.375. The molecule has 2 atom stereocenters. The van der Waals surface area contributed by atoms with E-state index in [9.17, 15) is 14.3 Å². The number of aromatic nitrogens is 1. The molecule has 0 bridgehead atoms. The molecule has 1 amide bonds. The summed E-state index contributed by atoms with van der Waals surface area (Å²) in [6, 6.07) is 3.72. The molecule has 1 aromatic heterocycles. The van der Waals surface area contributed by atoms with E-state index >= 15 is 0 Å². The standard InChI is InChI=1S/C16H15Cl2FN2O3/c17-9-6-5-8(7-10(9)19)14-13(18)15(24-21-14)16(23)20-11-3-1-2-4-12(11)22/h5-7,11-12,22H,1-4H2,(H,20,23)/t11-,12+/m0/s1. The van der Waals surface area contributed by atoms with E-state index in [-0.39, 0.29) is 27.5 Å². The first kappa shape index (κ1) is 17.2. The second-order valence-corrected chi connectivity index (χ2v) is 6.52. The number of rotatable bonds is 3. The molecular weight excluding hydrogens is 358 g/mol. The molecule has 0 saturated heterocycles. The normalized spacial score (nSPS) is 20.8. The van der Waals surface area contributed by atoms with Gasteiger partial charge < -0.3 is 14.9 Å². The van der Waals surface area contributed by atoms with E-state index in [1.807, 2.05) is 0 Å². The fourth-order valence-corrected chi connectivity index (χ4v) is 3.14. The van der Waals surface area contributed by atoms with Crippen molar-refractivity contribution in [3.8, 4) is 11.3 Å². The molecule has 0 radical (unpaired) electrons. The summed E-state index contributed by atoms with van der Waals surface area (Å²) in [5.74, 6) is -1.34. The maximum Gasteiger partial charge on any atom is 0.291 e. The first-order valence-corrected chi connectivity index (χ1v) is 8.32. The van der Waals surface area contributed by atoms with Crippen molar-refractivity contribution in [2.45, 2.75) is 37.8 Å². The van der Waals surface area contributed by atoms with Gasteiger partial charge in [0.1, 0.15) is 16.5 Å². The third kappa shape index (κ3) is 3.41. The van der Waals surface area contributed by atoms with Crippen molar-refractivity contribution in [3.05, 3.63) is 39.8 Å². The SMILES string of the molecule is O=C(N[C@H]1CCCC[C@H]1O)c1onc(-c2ccc(Cl)c(F)c2)c1Cl. The number of nitrogens with one attached hydrogen (secondary N) is 1. The number of carbonyl (C=O) groups is 1. The largest absolute Gasteiger partial charge is 0.391 e. The quantitative estimate of drug-likeness (QED) is 0.858. The third-order valence-electron chi connectivity index (χ3n) is 4.08. The first-order valence-electron chi connectivity index (χ1n) is 7.57. The predicted molar refractivity (Wildman–Crippen MR) is 87.6 cm³/mol. The molecule has 1 saturated carbocycles. The van der Waals surface area contributed by atoms with Crippen LogP contribution in [0.4, 0.5) is 4.39 Å². The number of hydrogen-bond acceptors (Lipinski definition) is 4. The summed E-state index contributed by atoms with van der Waals surface area (Å²) in [4.78, 5) is 12.3. The molecular formula is C16H15Cl2FN2O3. The first-order chi connectivity index (χ1) is 11.5. The lowest BCUT2D eigenvalue weighted by Crippen LogP contribution is -2.45. The van der Waals surface area contributed by atoms with Crippen LogP contribution < -0.4 is 5.32 Å². The number of aliphatic hydroxyl groups is 1. The molecule has 1 aromatic carbocycles. The van der Waals surface area contributed by atoms with Crippen molar-refractivity contribution in [2.75, 3.05) is 0 Å². The molecule has 1 aliphatic rings. The van der Waals surface area contributed by atoms with Crippen LogP contribution in [0, 0.1) is 5.82 Å². The average molecular weight is 373 g/mol. The van der Waals surface area contributed by atoms with Crippen LogP contribution in [0.1, 0.15) is 36.2 Å². The van der Waals surface area contributed by atoms with E-state index in [4.69, 9.17) is 27.7 Å². The van der Waals surface area contributed by atoms with Gasteiger partial charge in [-0.2, -0.15) is 0 Å². The molecule has 2 aromatic rings. The van der Waals surface area contributed by atoms with Gasteiger partial charge in [0, 0.05) is 5.56 Å². The summed E-state index contributed by atoms with van der Waals surface area (Å²) in [5.41, 5.74) is 0.504. The Kier molecular flexibility index (Phi) is 5.08. The van der Waals surface area contributed by atoms with Crippen LogP contribution in [0.5, 0.6) is 0 Å². The van der Waals surface area contributed by atoms with Crippen LogP contribution in [-0.2, 0) is 0 Å². The van der Waals surface area contributed by atoms with Gasteiger partial charge in [0.15, 0.2) is 0 Å². The zero-order valence-electron chi connectivity index (χ0n) is 12.6. The summed E-state index contributed by atoms with van der Waals surface area (Å²) in [5, 5.41) is 16.3. The van der Waals surface area contributed by atoms with Crippen LogP contribution >= 0.6 is 23.2 Å². The minimum atomic E-state index is -0.621. The van der Waals surface area contributed by atoms with Gasteiger partial charge in [-0.1, -0.05) is 47.3 Å². The van der Waals surface area contributed by atoms with Crippen LogP contribution in [0.25, 0.3) is 11.3 Å². The van der Waals surface area contributed by atoms with Crippen LogP contribution in [-0.4, -0.2) is 28.3 Å². The molecule has 1 fully saturated rings. The lowest BCUT2D eigenvalue weighted by atomic mass is 9.92. The third-order valence-corrected chi connectivity index (χ3v) is 4.74. The maximum atomic E-state index is 13.6. The molecule has 5 nitrogen and oxygen atoms in total. The molecule has 1 aliphatic carbocycles. The predicted octanol–water partition coefficient (Wildman–Crippen LogP) is 3.82. The molecule has 3 rings (SSSR count). The highest BCUT2D eigenvalue weighted by Crippen LogP contribution is 2.32. The highest BCUT2D eigenvalue weighted by Gasteiger charge is 2.28. The van der Waals surface area contributed by atoms with Crippen molar-refractivity contribution in [1.29, 1.82) is 0 Å². The van der Waals surface area contributed by atoms with E-state index < -0.39 is 17.8 Å². The minimum Gasteiger partial charge on any atom is -0.391 e. The Bertz CT molecular complexity index is 766. The van der Waals surface area contributed by atoms with Crippen LogP contribution in [0.3, 0.4) is 0 Å². The number of hydrogen-bond donors (Lipinski definition) is 2. The Labute approximate surface area is 147 Å². The monoisotopic (exact) mass is 372 g/mol.